The fraction of sp³-hybridized carbons (Fsp3) is 0.600. The van der Waals surface area contributed by atoms with Gasteiger partial charge in [-0.25, -0.2) is 0 Å². The van der Waals surface area contributed by atoms with Gasteiger partial charge in [-0.15, -0.1) is 6.58 Å². The van der Waals surface area contributed by atoms with Crippen molar-refractivity contribution in [3.05, 3.63) is 23.8 Å². The minimum Gasteiger partial charge on any atom is -0.396 e. The van der Waals surface area contributed by atoms with E-state index in [4.69, 9.17) is 5.11 Å². The molecule has 0 rings (SSSR count). The minimum atomic E-state index is 0.259. The number of aliphatic hydroxyl groups excluding tert-OH is 1. The summed E-state index contributed by atoms with van der Waals surface area (Å²) in [5, 5.41) is 8.59. The first kappa shape index (κ1) is 10.4. The summed E-state index contributed by atoms with van der Waals surface area (Å²) in [6, 6.07) is 0. The third kappa shape index (κ3) is 7.34. The summed E-state index contributed by atoms with van der Waals surface area (Å²) in [4.78, 5) is 0. The summed E-state index contributed by atoms with van der Waals surface area (Å²) < 4.78 is 0. The average molecular weight is 154 g/mol. The van der Waals surface area contributed by atoms with Gasteiger partial charge in [0, 0.05) is 6.61 Å². The van der Waals surface area contributed by atoms with Crippen molar-refractivity contribution < 1.29 is 5.11 Å². The molecule has 0 spiro atoms. The molecule has 0 aromatic rings. The van der Waals surface area contributed by atoms with Crippen molar-refractivity contribution in [2.75, 3.05) is 6.61 Å². The van der Waals surface area contributed by atoms with Crippen LogP contribution in [0.5, 0.6) is 0 Å². The van der Waals surface area contributed by atoms with E-state index in [-0.39, 0.29) is 6.61 Å². The normalized spacial score (nSPS) is 11.7. The number of hydrogen-bond acceptors (Lipinski definition) is 1. The Kier molecular flexibility index (Phi) is 5.86. The van der Waals surface area contributed by atoms with Crippen LogP contribution in [0, 0.1) is 0 Å². The Hall–Kier alpha value is -0.560. The number of hydrogen-bond donors (Lipinski definition) is 1. The van der Waals surface area contributed by atoms with Gasteiger partial charge in [-0.1, -0.05) is 17.2 Å². The van der Waals surface area contributed by atoms with Crippen molar-refractivity contribution in [2.24, 2.45) is 0 Å². The van der Waals surface area contributed by atoms with E-state index in [0.717, 1.165) is 19.3 Å². The second-order valence-electron chi connectivity index (χ2n) is 3.02. The van der Waals surface area contributed by atoms with Crippen molar-refractivity contribution >= 4 is 0 Å². The van der Waals surface area contributed by atoms with Gasteiger partial charge in [-0.2, -0.15) is 0 Å². The molecule has 1 N–H and O–H groups in total. The first-order chi connectivity index (χ1) is 5.16. The summed E-state index contributed by atoms with van der Waals surface area (Å²) in [5.74, 6) is 0. The first-order valence-electron chi connectivity index (χ1n) is 4.07. The fourth-order valence-electron chi connectivity index (χ4n) is 0.843. The van der Waals surface area contributed by atoms with Crippen LogP contribution in [0.2, 0.25) is 0 Å². The zero-order chi connectivity index (χ0) is 8.69. The molecule has 0 atom stereocenters. The molecule has 0 aliphatic carbocycles. The van der Waals surface area contributed by atoms with E-state index in [9.17, 15) is 0 Å². The molecule has 0 aromatic heterocycles. The Labute approximate surface area is 69.4 Å². The van der Waals surface area contributed by atoms with Crippen molar-refractivity contribution in [3.8, 4) is 0 Å². The molecule has 0 saturated carbocycles. The second kappa shape index (κ2) is 6.17. The van der Waals surface area contributed by atoms with E-state index in [1.54, 1.807) is 0 Å². The third-order valence-corrected chi connectivity index (χ3v) is 1.57. The molecule has 0 fully saturated rings. The van der Waals surface area contributed by atoms with Gasteiger partial charge in [0.15, 0.2) is 0 Å². The van der Waals surface area contributed by atoms with Crippen LogP contribution in [-0.4, -0.2) is 11.7 Å². The lowest BCUT2D eigenvalue weighted by atomic mass is 10.1. The minimum absolute atomic E-state index is 0.259. The SMILES string of the molecule is C=C(C)CC/C=C(\C)CCO. The van der Waals surface area contributed by atoms with E-state index >= 15 is 0 Å². The van der Waals surface area contributed by atoms with E-state index in [1.807, 2.05) is 6.92 Å². The van der Waals surface area contributed by atoms with Gasteiger partial charge < -0.3 is 5.11 Å². The predicted molar refractivity (Wildman–Crippen MR) is 49.5 cm³/mol. The second-order valence-corrected chi connectivity index (χ2v) is 3.02. The Balaban J connectivity index is 3.47. The zero-order valence-electron chi connectivity index (χ0n) is 7.56. The van der Waals surface area contributed by atoms with Crippen LogP contribution in [0.3, 0.4) is 0 Å². The number of aliphatic hydroxyl groups is 1. The maximum atomic E-state index is 8.59. The van der Waals surface area contributed by atoms with E-state index in [2.05, 4.69) is 19.6 Å². The predicted octanol–water partition coefficient (Wildman–Crippen LogP) is 2.67. The van der Waals surface area contributed by atoms with Crippen LogP contribution < -0.4 is 0 Å². The molecule has 0 radical (unpaired) electrons. The number of allylic oxidation sites excluding steroid dienone is 2. The lowest BCUT2D eigenvalue weighted by Crippen LogP contribution is -1.84. The standard InChI is InChI=1S/C10H18O/c1-9(2)5-4-6-10(3)7-8-11/h6,11H,1,4-5,7-8H2,2-3H3/b10-6+. The lowest BCUT2D eigenvalue weighted by molar-refractivity contribution is 0.299. The highest BCUT2D eigenvalue weighted by Gasteiger charge is 1.88. The molecular weight excluding hydrogens is 136 g/mol. The average Bonchev–Trinajstić information content (AvgIpc) is 1.87. The van der Waals surface area contributed by atoms with Gasteiger partial charge in [-0.05, 0) is 33.1 Å². The van der Waals surface area contributed by atoms with Crippen LogP contribution in [-0.2, 0) is 0 Å². The van der Waals surface area contributed by atoms with E-state index in [0.29, 0.717) is 0 Å². The van der Waals surface area contributed by atoms with E-state index < -0.39 is 0 Å². The van der Waals surface area contributed by atoms with E-state index in [1.165, 1.54) is 11.1 Å². The summed E-state index contributed by atoms with van der Waals surface area (Å²) >= 11 is 0. The van der Waals surface area contributed by atoms with Gasteiger partial charge in [0.25, 0.3) is 0 Å². The van der Waals surface area contributed by atoms with Crippen LogP contribution in [0.15, 0.2) is 23.8 Å². The van der Waals surface area contributed by atoms with Gasteiger partial charge in [0.2, 0.25) is 0 Å². The maximum Gasteiger partial charge on any atom is 0.0468 e. The molecule has 0 aliphatic heterocycles. The number of rotatable bonds is 5. The topological polar surface area (TPSA) is 20.2 Å². The molecule has 1 nitrogen and oxygen atoms in total. The highest BCUT2D eigenvalue weighted by Crippen LogP contribution is 2.06. The molecule has 0 aromatic carbocycles. The molecule has 0 unspecified atom stereocenters. The van der Waals surface area contributed by atoms with Crippen molar-refractivity contribution in [1.29, 1.82) is 0 Å². The van der Waals surface area contributed by atoms with Gasteiger partial charge in [0.05, 0.1) is 0 Å². The van der Waals surface area contributed by atoms with Crippen LogP contribution in [0.4, 0.5) is 0 Å². The molecule has 11 heavy (non-hydrogen) atoms. The Morgan fingerprint density at radius 1 is 1.36 bits per heavy atom. The first-order valence-corrected chi connectivity index (χ1v) is 4.07. The maximum absolute atomic E-state index is 8.59. The summed E-state index contributed by atoms with van der Waals surface area (Å²) in [5.41, 5.74) is 2.49. The molecule has 0 saturated heterocycles. The molecule has 0 heterocycles. The Bertz CT molecular complexity index is 145. The smallest absolute Gasteiger partial charge is 0.0468 e. The molecular formula is C10H18O. The monoisotopic (exact) mass is 154 g/mol. The van der Waals surface area contributed by atoms with Crippen molar-refractivity contribution in [1.82, 2.24) is 0 Å². The quantitative estimate of drug-likeness (QED) is 0.604. The van der Waals surface area contributed by atoms with Crippen LogP contribution in [0.25, 0.3) is 0 Å². The Morgan fingerprint density at radius 2 is 2.00 bits per heavy atom. The van der Waals surface area contributed by atoms with Crippen molar-refractivity contribution in [2.45, 2.75) is 33.1 Å². The fourth-order valence-corrected chi connectivity index (χ4v) is 0.843. The molecule has 0 aliphatic rings. The van der Waals surface area contributed by atoms with Gasteiger partial charge in [-0.3, -0.25) is 0 Å². The lowest BCUT2D eigenvalue weighted by Gasteiger charge is -1.97. The molecule has 64 valence electrons. The largest absolute Gasteiger partial charge is 0.396 e. The summed E-state index contributed by atoms with van der Waals surface area (Å²) in [6.07, 6.45) is 5.09. The molecule has 1 heteroatoms. The highest BCUT2D eigenvalue weighted by atomic mass is 16.2. The highest BCUT2D eigenvalue weighted by molar-refractivity contribution is 5.00. The van der Waals surface area contributed by atoms with Crippen molar-refractivity contribution in [3.63, 3.8) is 0 Å². The van der Waals surface area contributed by atoms with Gasteiger partial charge in [0.1, 0.15) is 0 Å². The third-order valence-electron chi connectivity index (χ3n) is 1.57. The van der Waals surface area contributed by atoms with Gasteiger partial charge >= 0.3 is 0 Å². The Morgan fingerprint density at radius 3 is 2.45 bits per heavy atom. The van der Waals surface area contributed by atoms with Crippen LogP contribution in [0.1, 0.15) is 33.1 Å². The summed E-state index contributed by atoms with van der Waals surface area (Å²) in [6.45, 7) is 8.17. The molecule has 0 bridgehead atoms. The van der Waals surface area contributed by atoms with Crippen LogP contribution >= 0.6 is 0 Å². The molecule has 0 amide bonds. The summed E-state index contributed by atoms with van der Waals surface area (Å²) in [7, 11) is 0. The zero-order valence-corrected chi connectivity index (χ0v) is 7.56.